The Balaban J connectivity index is 2.28. The largest absolute Gasteiger partial charge is 0.313 e. The molecular weight excluding hydrogens is 324 g/mol. The summed E-state index contributed by atoms with van der Waals surface area (Å²) in [6, 6.07) is 9.59. The van der Waals surface area contributed by atoms with Crippen LogP contribution in [0.1, 0.15) is 22.7 Å². The first-order chi connectivity index (χ1) is 9.51. The monoisotopic (exact) mass is 339 g/mol. The Morgan fingerprint density at radius 3 is 2.50 bits per heavy atom. The zero-order valence-corrected chi connectivity index (χ0v) is 13.0. The van der Waals surface area contributed by atoms with Crippen molar-refractivity contribution >= 4 is 15.9 Å². The van der Waals surface area contributed by atoms with E-state index in [9.17, 15) is 8.78 Å². The molecule has 2 aromatic rings. The highest BCUT2D eigenvalue weighted by molar-refractivity contribution is 9.10. The van der Waals surface area contributed by atoms with E-state index < -0.39 is 0 Å². The molecule has 0 amide bonds. The Bertz CT molecular complexity index is 613. The Morgan fingerprint density at radius 2 is 1.90 bits per heavy atom. The molecule has 2 rings (SSSR count). The minimum absolute atomic E-state index is 0.146. The van der Waals surface area contributed by atoms with Gasteiger partial charge in [-0.2, -0.15) is 0 Å². The number of likely N-dealkylation sites (N-methyl/N-ethyl adjacent to an activating group) is 1. The van der Waals surface area contributed by atoms with E-state index >= 15 is 0 Å². The van der Waals surface area contributed by atoms with E-state index in [0.29, 0.717) is 16.5 Å². The molecule has 0 aliphatic heterocycles. The van der Waals surface area contributed by atoms with E-state index in [1.165, 1.54) is 18.2 Å². The number of nitrogens with one attached hydrogen (secondary N) is 1. The Morgan fingerprint density at radius 1 is 1.15 bits per heavy atom. The normalized spacial score (nSPS) is 12.4. The third kappa shape index (κ3) is 3.44. The number of hydrogen-bond acceptors (Lipinski definition) is 1. The maximum absolute atomic E-state index is 14.0. The summed E-state index contributed by atoms with van der Waals surface area (Å²) < 4.78 is 27.9. The summed E-state index contributed by atoms with van der Waals surface area (Å²) in [5.41, 5.74) is 2.50. The zero-order chi connectivity index (χ0) is 14.7. The summed E-state index contributed by atoms with van der Waals surface area (Å²) in [5.74, 6) is -0.499. The van der Waals surface area contributed by atoms with Gasteiger partial charge in [0, 0.05) is 16.1 Å². The molecule has 0 aliphatic carbocycles. The highest BCUT2D eigenvalue weighted by Crippen LogP contribution is 2.25. The summed E-state index contributed by atoms with van der Waals surface area (Å²) >= 11 is 3.25. The Labute approximate surface area is 126 Å². The van der Waals surface area contributed by atoms with Crippen LogP contribution in [0.3, 0.4) is 0 Å². The number of rotatable bonds is 4. The van der Waals surface area contributed by atoms with Gasteiger partial charge in [-0.3, -0.25) is 0 Å². The van der Waals surface area contributed by atoms with Crippen molar-refractivity contribution in [2.24, 2.45) is 0 Å². The van der Waals surface area contributed by atoms with E-state index in [1.54, 1.807) is 19.2 Å². The Kier molecular flexibility index (Phi) is 4.89. The van der Waals surface area contributed by atoms with E-state index in [1.807, 2.05) is 13.0 Å². The Hall–Kier alpha value is -1.26. The van der Waals surface area contributed by atoms with Crippen LogP contribution in [0.15, 0.2) is 40.9 Å². The summed E-state index contributed by atoms with van der Waals surface area (Å²) in [6.07, 6.45) is 0.612. The van der Waals surface area contributed by atoms with Crippen molar-refractivity contribution < 1.29 is 8.78 Å². The molecule has 0 heterocycles. The fourth-order valence-corrected chi connectivity index (χ4v) is 2.59. The molecule has 0 spiro atoms. The maximum atomic E-state index is 14.0. The van der Waals surface area contributed by atoms with E-state index in [2.05, 4.69) is 21.2 Å². The van der Waals surface area contributed by atoms with Gasteiger partial charge in [0.25, 0.3) is 0 Å². The van der Waals surface area contributed by atoms with Crippen molar-refractivity contribution in [3.05, 3.63) is 69.2 Å². The summed E-state index contributed by atoms with van der Waals surface area (Å²) in [6.45, 7) is 1.86. The van der Waals surface area contributed by atoms with Crippen LogP contribution >= 0.6 is 15.9 Å². The number of aryl methyl sites for hydroxylation is 1. The van der Waals surface area contributed by atoms with Gasteiger partial charge in [-0.05, 0) is 55.8 Å². The van der Waals surface area contributed by atoms with Gasteiger partial charge in [-0.15, -0.1) is 0 Å². The van der Waals surface area contributed by atoms with Crippen LogP contribution in [-0.4, -0.2) is 7.05 Å². The lowest BCUT2D eigenvalue weighted by Gasteiger charge is -2.19. The first-order valence-corrected chi connectivity index (χ1v) is 7.18. The predicted octanol–water partition coefficient (Wildman–Crippen LogP) is 4.54. The molecule has 20 heavy (non-hydrogen) atoms. The third-order valence-corrected chi connectivity index (χ3v) is 3.91. The third-order valence-electron chi connectivity index (χ3n) is 3.42. The average Bonchev–Trinajstić information content (AvgIpc) is 2.39. The standard InChI is InChI=1S/C16H16BrF2N/c1-10-7-13(18)5-3-11(10)8-16(20-2)14-6-4-12(17)9-15(14)19/h3-7,9,16,20H,8H2,1-2H3. The molecule has 1 atom stereocenters. The van der Waals surface area contributed by atoms with E-state index in [0.717, 1.165) is 11.1 Å². The molecule has 0 bridgehead atoms. The highest BCUT2D eigenvalue weighted by Gasteiger charge is 2.16. The van der Waals surface area contributed by atoms with Crippen molar-refractivity contribution in [3.63, 3.8) is 0 Å². The smallest absolute Gasteiger partial charge is 0.129 e. The van der Waals surface area contributed by atoms with Gasteiger partial charge in [-0.1, -0.05) is 28.1 Å². The second-order valence-corrected chi connectivity index (χ2v) is 5.70. The molecule has 1 unspecified atom stereocenters. The van der Waals surface area contributed by atoms with E-state index in [4.69, 9.17) is 0 Å². The van der Waals surface area contributed by atoms with Crippen LogP contribution < -0.4 is 5.32 Å². The molecule has 0 saturated carbocycles. The molecule has 106 valence electrons. The van der Waals surface area contributed by atoms with Crippen molar-refractivity contribution in [3.8, 4) is 0 Å². The van der Waals surface area contributed by atoms with Crippen molar-refractivity contribution in [2.75, 3.05) is 7.05 Å². The quantitative estimate of drug-likeness (QED) is 0.862. The van der Waals surface area contributed by atoms with Crippen molar-refractivity contribution in [2.45, 2.75) is 19.4 Å². The van der Waals surface area contributed by atoms with Gasteiger partial charge >= 0.3 is 0 Å². The van der Waals surface area contributed by atoms with Crippen LogP contribution in [0.25, 0.3) is 0 Å². The fraction of sp³-hybridized carbons (Fsp3) is 0.250. The van der Waals surface area contributed by atoms with Gasteiger partial charge in [0.2, 0.25) is 0 Å². The molecule has 0 aliphatic rings. The highest BCUT2D eigenvalue weighted by atomic mass is 79.9. The zero-order valence-electron chi connectivity index (χ0n) is 11.4. The molecule has 4 heteroatoms. The molecular formula is C16H16BrF2N. The maximum Gasteiger partial charge on any atom is 0.129 e. The van der Waals surface area contributed by atoms with Crippen LogP contribution in [-0.2, 0) is 6.42 Å². The second kappa shape index (κ2) is 6.46. The SMILES string of the molecule is CNC(Cc1ccc(F)cc1C)c1ccc(Br)cc1F. The van der Waals surface area contributed by atoms with Gasteiger partial charge in [0.05, 0.1) is 0 Å². The summed E-state index contributed by atoms with van der Waals surface area (Å²) in [7, 11) is 1.80. The molecule has 2 aromatic carbocycles. The number of halogens is 3. The first-order valence-electron chi connectivity index (χ1n) is 6.38. The molecule has 0 fully saturated rings. The number of hydrogen-bond donors (Lipinski definition) is 1. The second-order valence-electron chi connectivity index (χ2n) is 4.78. The average molecular weight is 340 g/mol. The molecule has 0 saturated heterocycles. The van der Waals surface area contributed by atoms with Gasteiger partial charge in [-0.25, -0.2) is 8.78 Å². The van der Waals surface area contributed by atoms with Gasteiger partial charge in [0.15, 0.2) is 0 Å². The van der Waals surface area contributed by atoms with Crippen LogP contribution in [0, 0.1) is 18.6 Å². The minimum Gasteiger partial charge on any atom is -0.313 e. The predicted molar refractivity (Wildman–Crippen MR) is 80.7 cm³/mol. The summed E-state index contributed by atoms with van der Waals surface area (Å²) in [5, 5.41) is 3.12. The molecule has 0 aromatic heterocycles. The lowest BCUT2D eigenvalue weighted by Crippen LogP contribution is -2.20. The van der Waals surface area contributed by atoms with Crippen molar-refractivity contribution in [1.82, 2.24) is 5.32 Å². The lowest BCUT2D eigenvalue weighted by molar-refractivity contribution is 0.532. The topological polar surface area (TPSA) is 12.0 Å². The van der Waals surface area contributed by atoms with Crippen LogP contribution in [0.5, 0.6) is 0 Å². The first kappa shape index (κ1) is 15.1. The minimum atomic E-state index is -0.251. The van der Waals surface area contributed by atoms with Crippen LogP contribution in [0.2, 0.25) is 0 Å². The lowest BCUT2D eigenvalue weighted by atomic mass is 9.96. The van der Waals surface area contributed by atoms with Crippen molar-refractivity contribution in [1.29, 1.82) is 0 Å². The molecule has 0 radical (unpaired) electrons. The molecule has 1 nitrogen and oxygen atoms in total. The van der Waals surface area contributed by atoms with E-state index in [-0.39, 0.29) is 17.7 Å². The van der Waals surface area contributed by atoms with Gasteiger partial charge < -0.3 is 5.32 Å². The molecule has 1 N–H and O–H groups in total. The number of benzene rings is 2. The van der Waals surface area contributed by atoms with Gasteiger partial charge in [0.1, 0.15) is 11.6 Å². The fourth-order valence-electron chi connectivity index (χ4n) is 2.26. The van der Waals surface area contributed by atoms with Crippen LogP contribution in [0.4, 0.5) is 8.78 Å². The summed E-state index contributed by atoms with van der Waals surface area (Å²) in [4.78, 5) is 0.